The van der Waals surface area contributed by atoms with E-state index in [9.17, 15) is 9.59 Å². The van der Waals surface area contributed by atoms with Crippen molar-refractivity contribution in [1.29, 1.82) is 0 Å². The second kappa shape index (κ2) is 9.47. The third kappa shape index (κ3) is 4.75. The van der Waals surface area contributed by atoms with Crippen molar-refractivity contribution in [3.05, 3.63) is 46.9 Å². The Kier molecular flexibility index (Phi) is 6.97. The smallest absolute Gasteiger partial charge is 0.262 e. The molecule has 2 atom stereocenters. The molecule has 0 bridgehead atoms. The fraction of sp³-hybridized carbons (Fsp3) is 0.455. The van der Waals surface area contributed by atoms with Gasteiger partial charge in [-0.2, -0.15) is 5.10 Å². The first-order valence-corrected chi connectivity index (χ1v) is 11.2. The number of nitrogens with zero attached hydrogens (tertiary/aromatic N) is 4. The molecule has 0 spiro atoms. The molecule has 1 amide bonds. The Morgan fingerprint density at radius 2 is 1.90 bits per heavy atom. The normalized spacial score (nSPS) is 13.5. The standard InChI is InChI=1S/C22H29N5O2S/c1-6-15(4)27-19(11-12-23-27)25-20(28)16(5)30-22-24-18-10-8-7-9-17(18)21(29)26(22)13-14(2)3/h7-12,14-16H,6,13H2,1-5H3,(H,25,28)/t15-,16+/m0/s1. The van der Waals surface area contributed by atoms with E-state index in [1.807, 2.05) is 29.8 Å². The van der Waals surface area contributed by atoms with Crippen LogP contribution in [0.25, 0.3) is 10.9 Å². The lowest BCUT2D eigenvalue weighted by molar-refractivity contribution is -0.115. The molecule has 160 valence electrons. The molecule has 0 fully saturated rings. The van der Waals surface area contributed by atoms with Gasteiger partial charge < -0.3 is 5.32 Å². The fourth-order valence-corrected chi connectivity index (χ4v) is 4.06. The number of fused-ring (bicyclic) bond motifs is 1. The van der Waals surface area contributed by atoms with Crippen LogP contribution in [0, 0.1) is 5.92 Å². The Balaban J connectivity index is 1.87. The molecule has 8 heteroatoms. The lowest BCUT2D eigenvalue weighted by atomic mass is 10.2. The van der Waals surface area contributed by atoms with Crippen molar-refractivity contribution in [3.8, 4) is 0 Å². The van der Waals surface area contributed by atoms with E-state index >= 15 is 0 Å². The summed E-state index contributed by atoms with van der Waals surface area (Å²) in [6.45, 7) is 10.6. The van der Waals surface area contributed by atoms with Crippen LogP contribution in [0.4, 0.5) is 5.82 Å². The predicted molar refractivity (Wildman–Crippen MR) is 122 cm³/mol. The van der Waals surface area contributed by atoms with Gasteiger partial charge in [0.2, 0.25) is 5.91 Å². The maximum absolute atomic E-state index is 13.0. The van der Waals surface area contributed by atoms with Gasteiger partial charge in [0.1, 0.15) is 5.82 Å². The summed E-state index contributed by atoms with van der Waals surface area (Å²) >= 11 is 1.30. The quantitative estimate of drug-likeness (QED) is 0.427. The number of rotatable bonds is 8. The summed E-state index contributed by atoms with van der Waals surface area (Å²) in [6, 6.07) is 9.32. The second-order valence-corrected chi connectivity index (χ2v) is 9.20. The van der Waals surface area contributed by atoms with Crippen molar-refractivity contribution >= 4 is 34.4 Å². The van der Waals surface area contributed by atoms with E-state index in [4.69, 9.17) is 4.98 Å². The number of para-hydroxylation sites is 1. The zero-order valence-electron chi connectivity index (χ0n) is 18.1. The highest BCUT2D eigenvalue weighted by Gasteiger charge is 2.21. The van der Waals surface area contributed by atoms with E-state index in [1.165, 1.54) is 11.8 Å². The van der Waals surface area contributed by atoms with Crippen LogP contribution in [0.5, 0.6) is 0 Å². The molecule has 0 aliphatic rings. The van der Waals surface area contributed by atoms with E-state index < -0.39 is 5.25 Å². The minimum atomic E-state index is -0.434. The van der Waals surface area contributed by atoms with Crippen LogP contribution in [-0.2, 0) is 11.3 Å². The van der Waals surface area contributed by atoms with Crippen LogP contribution < -0.4 is 10.9 Å². The van der Waals surface area contributed by atoms with Crippen molar-refractivity contribution in [1.82, 2.24) is 19.3 Å². The summed E-state index contributed by atoms with van der Waals surface area (Å²) in [4.78, 5) is 30.6. The van der Waals surface area contributed by atoms with Gasteiger partial charge in [0.05, 0.1) is 28.4 Å². The van der Waals surface area contributed by atoms with Gasteiger partial charge in [0.25, 0.3) is 5.56 Å². The lowest BCUT2D eigenvalue weighted by Gasteiger charge is -2.18. The second-order valence-electron chi connectivity index (χ2n) is 7.89. The van der Waals surface area contributed by atoms with Crippen molar-refractivity contribution in [2.45, 2.75) is 64.0 Å². The van der Waals surface area contributed by atoms with Gasteiger partial charge >= 0.3 is 0 Å². The highest BCUT2D eigenvalue weighted by atomic mass is 32.2. The van der Waals surface area contributed by atoms with Crippen molar-refractivity contribution in [2.24, 2.45) is 5.92 Å². The molecule has 30 heavy (non-hydrogen) atoms. The summed E-state index contributed by atoms with van der Waals surface area (Å²) in [5.41, 5.74) is 0.576. The first-order chi connectivity index (χ1) is 14.3. The van der Waals surface area contributed by atoms with Crippen LogP contribution in [0.1, 0.15) is 47.1 Å². The van der Waals surface area contributed by atoms with Gasteiger partial charge in [0, 0.05) is 12.6 Å². The summed E-state index contributed by atoms with van der Waals surface area (Å²) in [7, 11) is 0. The van der Waals surface area contributed by atoms with Gasteiger partial charge in [-0.25, -0.2) is 9.67 Å². The predicted octanol–water partition coefficient (Wildman–Crippen LogP) is 4.34. The van der Waals surface area contributed by atoms with Crippen LogP contribution in [0.15, 0.2) is 46.5 Å². The highest BCUT2D eigenvalue weighted by Crippen LogP contribution is 2.25. The van der Waals surface area contributed by atoms with Crippen LogP contribution >= 0.6 is 11.8 Å². The molecule has 0 saturated heterocycles. The number of anilines is 1. The first kappa shape index (κ1) is 22.1. The number of hydrogen-bond acceptors (Lipinski definition) is 5. The van der Waals surface area contributed by atoms with Crippen LogP contribution in [0.3, 0.4) is 0 Å². The molecule has 0 unspecified atom stereocenters. The average molecular weight is 428 g/mol. The molecule has 1 aromatic carbocycles. The van der Waals surface area contributed by atoms with E-state index in [0.29, 0.717) is 28.4 Å². The van der Waals surface area contributed by atoms with Crippen LogP contribution in [-0.4, -0.2) is 30.5 Å². The Hall–Kier alpha value is -2.61. The van der Waals surface area contributed by atoms with Crippen LogP contribution in [0.2, 0.25) is 0 Å². The third-order valence-electron chi connectivity index (χ3n) is 4.96. The molecule has 7 nitrogen and oxygen atoms in total. The van der Waals surface area contributed by atoms with Crippen molar-refractivity contribution < 1.29 is 4.79 Å². The van der Waals surface area contributed by atoms with E-state index in [1.54, 1.807) is 22.9 Å². The minimum Gasteiger partial charge on any atom is -0.310 e. The number of thioether (sulfide) groups is 1. The van der Waals surface area contributed by atoms with Gasteiger partial charge in [-0.05, 0) is 38.3 Å². The summed E-state index contributed by atoms with van der Waals surface area (Å²) in [5.74, 6) is 0.801. The number of carbonyl (C=O) groups is 1. The zero-order chi connectivity index (χ0) is 21.8. The molecule has 2 aromatic heterocycles. The van der Waals surface area contributed by atoms with Gasteiger partial charge in [-0.1, -0.05) is 44.7 Å². The zero-order valence-corrected chi connectivity index (χ0v) is 18.9. The summed E-state index contributed by atoms with van der Waals surface area (Å²) in [6.07, 6.45) is 2.60. The van der Waals surface area contributed by atoms with Gasteiger partial charge in [-0.3, -0.25) is 14.2 Å². The monoisotopic (exact) mass is 427 g/mol. The number of carbonyl (C=O) groups excluding carboxylic acids is 1. The van der Waals surface area contributed by atoms with E-state index in [0.717, 1.165) is 6.42 Å². The van der Waals surface area contributed by atoms with Crippen molar-refractivity contribution in [2.75, 3.05) is 5.32 Å². The first-order valence-electron chi connectivity index (χ1n) is 10.3. The Bertz CT molecular complexity index is 1090. The summed E-state index contributed by atoms with van der Waals surface area (Å²) in [5, 5.41) is 8.00. The molecule has 0 radical (unpaired) electrons. The molecule has 0 saturated carbocycles. The van der Waals surface area contributed by atoms with E-state index in [-0.39, 0.29) is 23.4 Å². The lowest BCUT2D eigenvalue weighted by Crippen LogP contribution is -2.29. The molecular weight excluding hydrogens is 398 g/mol. The van der Waals surface area contributed by atoms with Gasteiger partial charge in [0.15, 0.2) is 5.16 Å². The minimum absolute atomic E-state index is 0.0701. The van der Waals surface area contributed by atoms with Gasteiger partial charge in [-0.15, -0.1) is 0 Å². The molecule has 3 rings (SSSR count). The Labute approximate surface area is 180 Å². The van der Waals surface area contributed by atoms with Crippen molar-refractivity contribution in [3.63, 3.8) is 0 Å². The molecule has 2 heterocycles. The number of nitrogens with one attached hydrogen (secondary N) is 1. The summed E-state index contributed by atoms with van der Waals surface area (Å²) < 4.78 is 3.50. The maximum atomic E-state index is 13.0. The fourth-order valence-electron chi connectivity index (χ4n) is 3.14. The van der Waals surface area contributed by atoms with E-state index in [2.05, 4.69) is 38.1 Å². The molecule has 1 N–H and O–H groups in total. The average Bonchev–Trinajstić information content (AvgIpc) is 3.18. The molecule has 3 aromatic rings. The molecule has 0 aliphatic carbocycles. The Morgan fingerprint density at radius 3 is 2.60 bits per heavy atom. The number of hydrogen-bond donors (Lipinski definition) is 1. The SMILES string of the molecule is CC[C@H](C)n1nccc1NC(=O)[C@@H](C)Sc1nc2ccccc2c(=O)n1CC(C)C. The number of aromatic nitrogens is 4. The number of amides is 1. The largest absolute Gasteiger partial charge is 0.310 e. The highest BCUT2D eigenvalue weighted by molar-refractivity contribution is 8.00. The topological polar surface area (TPSA) is 81.8 Å². The maximum Gasteiger partial charge on any atom is 0.262 e. The number of benzene rings is 1. The molecular formula is C22H29N5O2S. The third-order valence-corrected chi connectivity index (χ3v) is 6.05. The Morgan fingerprint density at radius 1 is 1.17 bits per heavy atom. The molecule has 0 aliphatic heterocycles.